The number of methoxy groups -OCH3 is 3. The molecule has 0 aliphatic carbocycles. The van der Waals surface area contributed by atoms with Gasteiger partial charge in [-0.25, -0.2) is 9.78 Å². The van der Waals surface area contributed by atoms with Gasteiger partial charge in [-0.15, -0.1) is 0 Å². The number of nitrogens with zero attached hydrogens (tertiary/aromatic N) is 1. The van der Waals surface area contributed by atoms with Crippen LogP contribution in [-0.4, -0.2) is 43.9 Å². The van der Waals surface area contributed by atoms with Crippen molar-refractivity contribution in [1.29, 1.82) is 0 Å². The summed E-state index contributed by atoms with van der Waals surface area (Å²) in [6.45, 7) is 14.0. The van der Waals surface area contributed by atoms with Gasteiger partial charge >= 0.3 is 5.97 Å². The second-order valence-corrected chi connectivity index (χ2v) is 10.1. The molecule has 0 spiro atoms. The van der Waals surface area contributed by atoms with Gasteiger partial charge in [0.15, 0.2) is 5.95 Å². The third-order valence-electron chi connectivity index (χ3n) is 6.23. The minimum absolute atomic E-state index is 0.0100. The number of hydrogen-bond acceptors (Lipinski definition) is 10. The lowest BCUT2D eigenvalue weighted by atomic mass is 10.00. The standard InChI is InChI=1S/C17H24O5.C15H19N3O3/c1-7-21-17(18)16(10-19-5)22-15-8-12(4)14(20-6)9-13(15)11(2)3;1-8(2)10-6-11(20-4)9(3)5-12(10)21-13-7-17-15(16)18-14(13)19/h8-11H,7H2,1-6H3;5-8H,1-4H3,(H3,16,17,18,19)/b16-10+;. The number of H-pyrrole nitrogens is 1. The Hall–Kier alpha value is -4.67. The van der Waals surface area contributed by atoms with Crippen LogP contribution in [0, 0.1) is 13.8 Å². The minimum atomic E-state index is -0.562. The maximum Gasteiger partial charge on any atom is 0.377 e. The molecule has 2 aromatic carbocycles. The normalized spacial score (nSPS) is 11.0. The van der Waals surface area contributed by atoms with Crippen LogP contribution in [0.1, 0.15) is 68.7 Å². The summed E-state index contributed by atoms with van der Waals surface area (Å²) in [6, 6.07) is 7.54. The first kappa shape index (κ1) is 34.5. The lowest BCUT2D eigenvalue weighted by Crippen LogP contribution is -2.14. The number of carbonyl (C=O) groups is 1. The van der Waals surface area contributed by atoms with Crippen LogP contribution in [0.3, 0.4) is 0 Å². The molecule has 11 nitrogen and oxygen atoms in total. The van der Waals surface area contributed by atoms with Crippen molar-refractivity contribution < 1.29 is 33.2 Å². The summed E-state index contributed by atoms with van der Waals surface area (Å²) in [5, 5.41) is 0. The van der Waals surface area contributed by atoms with Gasteiger partial charge in [-0.1, -0.05) is 27.7 Å². The molecule has 0 amide bonds. The first-order chi connectivity index (χ1) is 20.4. The van der Waals surface area contributed by atoms with Crippen molar-refractivity contribution in [3.63, 3.8) is 0 Å². The van der Waals surface area contributed by atoms with Gasteiger partial charge in [0.05, 0.1) is 34.1 Å². The second kappa shape index (κ2) is 16.1. The molecular weight excluding hydrogens is 554 g/mol. The fourth-order valence-corrected chi connectivity index (χ4v) is 4.00. The number of anilines is 1. The molecule has 0 fully saturated rings. The molecule has 3 N–H and O–H groups in total. The molecule has 0 aliphatic heterocycles. The monoisotopic (exact) mass is 597 g/mol. The van der Waals surface area contributed by atoms with E-state index in [1.54, 1.807) is 21.1 Å². The molecule has 0 bridgehead atoms. The lowest BCUT2D eigenvalue weighted by Gasteiger charge is -2.17. The average molecular weight is 598 g/mol. The van der Waals surface area contributed by atoms with Crippen molar-refractivity contribution in [3.8, 4) is 28.7 Å². The van der Waals surface area contributed by atoms with Crippen LogP contribution in [0.2, 0.25) is 0 Å². The van der Waals surface area contributed by atoms with Crippen LogP contribution < -0.4 is 30.2 Å². The molecule has 1 heterocycles. The van der Waals surface area contributed by atoms with Gasteiger partial charge in [-0.05, 0) is 68.0 Å². The number of benzene rings is 2. The number of nitrogens with two attached hydrogens (primary N) is 1. The summed E-state index contributed by atoms with van der Waals surface area (Å²) in [4.78, 5) is 30.0. The molecule has 3 aromatic rings. The number of esters is 1. The molecule has 0 atom stereocenters. The van der Waals surface area contributed by atoms with E-state index in [-0.39, 0.29) is 35.9 Å². The molecule has 0 saturated carbocycles. The Labute approximate surface area is 252 Å². The molecule has 0 radical (unpaired) electrons. The number of aromatic nitrogens is 2. The summed E-state index contributed by atoms with van der Waals surface area (Å²) >= 11 is 0. The fourth-order valence-electron chi connectivity index (χ4n) is 4.00. The Morgan fingerprint density at radius 1 is 0.884 bits per heavy atom. The summed E-state index contributed by atoms with van der Waals surface area (Å²) in [5.41, 5.74) is 8.75. The van der Waals surface area contributed by atoms with Gasteiger partial charge < -0.3 is 34.2 Å². The van der Waals surface area contributed by atoms with Crippen molar-refractivity contribution in [1.82, 2.24) is 9.97 Å². The highest BCUT2D eigenvalue weighted by Crippen LogP contribution is 2.36. The van der Waals surface area contributed by atoms with Crippen molar-refractivity contribution in [3.05, 3.63) is 75.1 Å². The zero-order valence-electron chi connectivity index (χ0n) is 26.6. The summed E-state index contributed by atoms with van der Waals surface area (Å²) in [5.74, 6) is 2.80. The topological polar surface area (TPSA) is 144 Å². The molecule has 0 aliphatic rings. The largest absolute Gasteiger partial charge is 0.500 e. The van der Waals surface area contributed by atoms with Crippen LogP contribution in [0.4, 0.5) is 5.95 Å². The van der Waals surface area contributed by atoms with Crippen LogP contribution in [0.5, 0.6) is 28.7 Å². The minimum Gasteiger partial charge on any atom is -0.500 e. The van der Waals surface area contributed by atoms with Gasteiger partial charge in [0.1, 0.15) is 29.3 Å². The van der Waals surface area contributed by atoms with Crippen LogP contribution in [-0.2, 0) is 14.3 Å². The SMILES string of the molecule is CCOC(=O)/C(=C\OC)Oc1cc(C)c(OC)cc1C(C)C.COc1cc(C(C)C)c(Oc2cnc(N)[nH]c2=O)cc1C. The zero-order valence-corrected chi connectivity index (χ0v) is 26.6. The van der Waals surface area contributed by atoms with E-state index in [0.29, 0.717) is 11.5 Å². The van der Waals surface area contributed by atoms with E-state index in [0.717, 1.165) is 33.8 Å². The van der Waals surface area contributed by atoms with Gasteiger partial charge in [0, 0.05) is 11.1 Å². The first-order valence-electron chi connectivity index (χ1n) is 13.8. The molecule has 1 aromatic heterocycles. The van der Waals surface area contributed by atoms with E-state index in [9.17, 15) is 9.59 Å². The number of nitrogen functional groups attached to an aromatic ring is 1. The van der Waals surface area contributed by atoms with Gasteiger partial charge in [-0.2, -0.15) is 0 Å². The lowest BCUT2D eigenvalue weighted by molar-refractivity contribution is -0.141. The number of hydrogen-bond donors (Lipinski definition) is 2. The number of aryl methyl sites for hydroxylation is 2. The molecule has 3 rings (SSSR count). The van der Waals surface area contributed by atoms with Gasteiger partial charge in [0.25, 0.3) is 5.56 Å². The fraction of sp³-hybridized carbons (Fsp3) is 0.406. The first-order valence-corrected chi connectivity index (χ1v) is 13.8. The highest BCUT2D eigenvalue weighted by molar-refractivity contribution is 5.86. The maximum absolute atomic E-state index is 11.9. The van der Waals surface area contributed by atoms with E-state index >= 15 is 0 Å². The molecule has 234 valence electrons. The Bertz CT molecular complexity index is 1480. The Kier molecular flexibility index (Phi) is 12.9. The number of rotatable bonds is 11. The number of aromatic amines is 1. The van der Waals surface area contributed by atoms with Gasteiger partial charge in [0.2, 0.25) is 11.5 Å². The smallest absolute Gasteiger partial charge is 0.377 e. The predicted octanol–water partition coefficient (Wildman–Crippen LogP) is 6.14. The van der Waals surface area contributed by atoms with E-state index < -0.39 is 11.5 Å². The van der Waals surface area contributed by atoms with Crippen LogP contribution >= 0.6 is 0 Å². The highest BCUT2D eigenvalue weighted by atomic mass is 16.6. The van der Waals surface area contributed by atoms with E-state index in [2.05, 4.69) is 9.97 Å². The molecule has 11 heteroatoms. The zero-order chi connectivity index (χ0) is 32.3. The summed E-state index contributed by atoms with van der Waals surface area (Å²) in [7, 11) is 4.70. The number of carbonyl (C=O) groups excluding carboxylic acids is 1. The number of ether oxygens (including phenoxy) is 6. The molecule has 0 unspecified atom stereocenters. The van der Waals surface area contributed by atoms with Crippen LogP contribution in [0.25, 0.3) is 0 Å². The van der Waals surface area contributed by atoms with Crippen LogP contribution in [0.15, 0.2) is 47.3 Å². The predicted molar refractivity (Wildman–Crippen MR) is 165 cm³/mol. The maximum atomic E-state index is 11.9. The Morgan fingerprint density at radius 2 is 1.42 bits per heavy atom. The molecular formula is C32H43N3O8. The summed E-state index contributed by atoms with van der Waals surface area (Å²) < 4.78 is 32.0. The molecule has 0 saturated heterocycles. The Balaban J connectivity index is 0.000000300. The van der Waals surface area contributed by atoms with E-state index in [1.807, 2.05) is 65.8 Å². The highest BCUT2D eigenvalue weighted by Gasteiger charge is 2.19. The Morgan fingerprint density at radius 3 is 1.88 bits per heavy atom. The van der Waals surface area contributed by atoms with Crippen molar-refractivity contribution >= 4 is 11.9 Å². The third-order valence-corrected chi connectivity index (χ3v) is 6.23. The van der Waals surface area contributed by atoms with Crippen molar-refractivity contribution in [2.45, 2.75) is 60.3 Å². The third kappa shape index (κ3) is 9.42. The quantitative estimate of drug-likeness (QED) is 0.150. The average Bonchev–Trinajstić information content (AvgIpc) is 2.94. The molecule has 43 heavy (non-hydrogen) atoms. The van der Waals surface area contributed by atoms with Crippen molar-refractivity contribution in [2.24, 2.45) is 0 Å². The second-order valence-electron chi connectivity index (χ2n) is 10.1. The van der Waals surface area contributed by atoms with Crippen molar-refractivity contribution in [2.75, 3.05) is 33.7 Å². The van der Waals surface area contributed by atoms with Gasteiger partial charge in [-0.3, -0.25) is 9.78 Å². The number of nitrogens with one attached hydrogen (secondary N) is 1. The summed E-state index contributed by atoms with van der Waals surface area (Å²) in [6.07, 6.45) is 2.56. The van der Waals surface area contributed by atoms with E-state index in [1.165, 1.54) is 19.6 Å². The van der Waals surface area contributed by atoms with E-state index in [4.69, 9.17) is 34.2 Å².